The second-order valence-corrected chi connectivity index (χ2v) is 14.0. The highest BCUT2D eigenvalue weighted by Gasteiger charge is 2.33. The first kappa shape index (κ1) is 42.6. The average molecular weight is 740 g/mol. The van der Waals surface area contributed by atoms with E-state index in [0.717, 1.165) is 10.9 Å². The van der Waals surface area contributed by atoms with Gasteiger partial charge >= 0.3 is 5.97 Å². The third kappa shape index (κ3) is 13.6. The van der Waals surface area contributed by atoms with Crippen molar-refractivity contribution >= 4 is 46.4 Å². The molecule has 0 saturated carbocycles. The maximum absolute atomic E-state index is 14.1. The molecule has 13 N–H and O–H groups in total. The van der Waals surface area contributed by atoms with Crippen LogP contribution in [0.2, 0.25) is 0 Å². The molecule has 1 aromatic heterocycles. The Bertz CT molecular complexity index is 1580. The second kappa shape index (κ2) is 21.7. The molecule has 16 nitrogen and oxygen atoms in total. The molecule has 3 rings (SSSR count). The molecule has 5 amide bonds. The summed E-state index contributed by atoms with van der Waals surface area (Å²) in [7, 11) is 0. The Morgan fingerprint density at radius 1 is 0.830 bits per heavy atom. The third-order valence-electron chi connectivity index (χ3n) is 9.11. The van der Waals surface area contributed by atoms with Crippen molar-refractivity contribution < 1.29 is 33.9 Å². The van der Waals surface area contributed by atoms with Crippen molar-refractivity contribution in [3.8, 4) is 0 Å². The van der Waals surface area contributed by atoms with E-state index in [1.165, 1.54) is 0 Å². The van der Waals surface area contributed by atoms with Crippen molar-refractivity contribution in [3.63, 3.8) is 0 Å². The number of unbranched alkanes of at least 4 members (excludes halogenated alkanes) is 2. The first-order chi connectivity index (χ1) is 25.3. The van der Waals surface area contributed by atoms with Gasteiger partial charge in [0.1, 0.15) is 30.2 Å². The van der Waals surface area contributed by atoms with Crippen LogP contribution in [-0.2, 0) is 35.2 Å². The molecule has 292 valence electrons. The highest BCUT2D eigenvalue weighted by molar-refractivity contribution is 5.97. The number of para-hydroxylation sites is 1. The summed E-state index contributed by atoms with van der Waals surface area (Å²) in [5, 5.41) is 24.2. The molecular formula is C37H57N9O7. The minimum Gasteiger partial charge on any atom is -0.480 e. The standard InChI is InChI=1S/C37H57N9O7/c1-22(2)19-31(37(52)53)46-36(51)30(20-23-21-41-26-13-5-3-11-24(23)26)45-35(50)28-14-6-4-12-25(40)32(47)42-27(15-7-9-17-38)33(48)44-29(34(49)43-28)16-8-10-18-39/h3-6,11,13,21-22,25,27-31,41H,7-10,12,14-20,38-40H2,1-2H3,(H,42,47)(H,43,49)(H,44,48)(H,45,50)(H,46,51)(H,52,53)/b6-4+/t25-,27-,28-,29-,30+,31-/m0/s1. The van der Waals surface area contributed by atoms with Crippen molar-refractivity contribution in [2.75, 3.05) is 13.1 Å². The Morgan fingerprint density at radius 2 is 1.43 bits per heavy atom. The average Bonchev–Trinajstić information content (AvgIpc) is 3.53. The molecule has 0 fully saturated rings. The molecule has 1 aliphatic rings. The van der Waals surface area contributed by atoms with Crippen LogP contribution < -0.4 is 43.8 Å². The number of nitrogens with two attached hydrogens (primary N) is 3. The van der Waals surface area contributed by atoms with Crippen molar-refractivity contribution in [1.82, 2.24) is 31.6 Å². The molecule has 6 atom stereocenters. The van der Waals surface area contributed by atoms with E-state index in [4.69, 9.17) is 17.2 Å². The molecule has 53 heavy (non-hydrogen) atoms. The summed E-state index contributed by atoms with van der Waals surface area (Å²) in [6, 6.07) is 0.767. The Labute approximate surface area is 310 Å². The fourth-order valence-corrected chi connectivity index (χ4v) is 6.13. The van der Waals surface area contributed by atoms with Crippen LogP contribution in [0.15, 0.2) is 42.6 Å². The van der Waals surface area contributed by atoms with E-state index in [-0.39, 0.29) is 44.4 Å². The van der Waals surface area contributed by atoms with Gasteiger partial charge in [-0.25, -0.2) is 4.79 Å². The minimum atomic E-state index is -1.23. The van der Waals surface area contributed by atoms with E-state index in [1.807, 2.05) is 38.1 Å². The van der Waals surface area contributed by atoms with Crippen LogP contribution in [0.5, 0.6) is 0 Å². The van der Waals surface area contributed by atoms with Crippen LogP contribution in [-0.4, -0.2) is 94.9 Å². The summed E-state index contributed by atoms with van der Waals surface area (Å²) in [5.74, 6) is -4.41. The van der Waals surface area contributed by atoms with Crippen LogP contribution >= 0.6 is 0 Å². The number of benzene rings is 1. The summed E-state index contributed by atoms with van der Waals surface area (Å²) in [6.07, 6.45) is 7.92. The number of H-pyrrole nitrogens is 1. The van der Waals surface area contributed by atoms with E-state index in [9.17, 15) is 33.9 Å². The number of aromatic nitrogens is 1. The lowest BCUT2D eigenvalue weighted by atomic mass is 10.0. The molecule has 0 spiro atoms. The van der Waals surface area contributed by atoms with Crippen molar-refractivity contribution in [2.24, 2.45) is 23.1 Å². The molecule has 1 aliphatic heterocycles. The van der Waals surface area contributed by atoms with Gasteiger partial charge in [-0.05, 0) is 88.4 Å². The zero-order valence-corrected chi connectivity index (χ0v) is 30.7. The Kier molecular flexibility index (Phi) is 17.4. The number of aromatic amines is 1. The van der Waals surface area contributed by atoms with Gasteiger partial charge in [0.2, 0.25) is 29.5 Å². The topological polar surface area (TPSA) is 277 Å². The predicted octanol–water partition coefficient (Wildman–Crippen LogP) is 0.200. The Hall–Kier alpha value is -4.80. The van der Waals surface area contributed by atoms with E-state index in [2.05, 4.69) is 31.6 Å². The molecule has 0 saturated heterocycles. The van der Waals surface area contributed by atoms with Gasteiger partial charge in [-0.3, -0.25) is 24.0 Å². The zero-order valence-electron chi connectivity index (χ0n) is 30.7. The van der Waals surface area contributed by atoms with Crippen molar-refractivity contribution in [1.29, 1.82) is 0 Å². The molecule has 2 heterocycles. The lowest BCUT2D eigenvalue weighted by Crippen LogP contribution is -2.59. The SMILES string of the molecule is CC(C)C[C@H](NC(=O)[C@@H](Cc1c[nH]c2ccccc12)NC(=O)[C@@H]1C/C=C/C[C@H](N)C(=O)N[C@@H](CCCCN)C(=O)N[C@@H](CCCCN)C(=O)N1)C(=O)O. The summed E-state index contributed by atoms with van der Waals surface area (Å²) in [4.78, 5) is 83.4. The number of carboxylic acid groups (broad SMARTS) is 1. The monoisotopic (exact) mass is 739 g/mol. The van der Waals surface area contributed by atoms with Gasteiger partial charge in [0, 0.05) is 23.5 Å². The molecule has 16 heteroatoms. The van der Waals surface area contributed by atoms with Gasteiger partial charge in [0.15, 0.2) is 0 Å². The minimum absolute atomic E-state index is 0.0133. The number of hydrogen-bond donors (Lipinski definition) is 10. The van der Waals surface area contributed by atoms with Crippen LogP contribution in [0.1, 0.15) is 77.2 Å². The fraction of sp³-hybridized carbons (Fsp3) is 0.568. The Balaban J connectivity index is 1.94. The van der Waals surface area contributed by atoms with Crippen LogP contribution in [0.4, 0.5) is 0 Å². The molecule has 0 unspecified atom stereocenters. The quantitative estimate of drug-likeness (QED) is 0.0777. The van der Waals surface area contributed by atoms with Gasteiger partial charge in [-0.1, -0.05) is 44.2 Å². The number of nitrogens with one attached hydrogen (secondary N) is 6. The predicted molar refractivity (Wildman–Crippen MR) is 201 cm³/mol. The van der Waals surface area contributed by atoms with E-state index in [0.29, 0.717) is 44.3 Å². The number of hydrogen-bond acceptors (Lipinski definition) is 9. The molecule has 0 radical (unpaired) electrons. The smallest absolute Gasteiger partial charge is 0.326 e. The van der Waals surface area contributed by atoms with Gasteiger partial charge in [0.25, 0.3) is 0 Å². The summed E-state index contributed by atoms with van der Waals surface area (Å²) < 4.78 is 0. The molecule has 2 aromatic rings. The largest absolute Gasteiger partial charge is 0.480 e. The highest BCUT2D eigenvalue weighted by Crippen LogP contribution is 2.20. The van der Waals surface area contributed by atoms with Crippen LogP contribution in [0, 0.1) is 5.92 Å². The third-order valence-corrected chi connectivity index (χ3v) is 9.11. The van der Waals surface area contributed by atoms with Crippen molar-refractivity contribution in [2.45, 2.75) is 114 Å². The van der Waals surface area contributed by atoms with Crippen molar-refractivity contribution in [3.05, 3.63) is 48.2 Å². The number of rotatable bonds is 17. The van der Waals surface area contributed by atoms with Gasteiger partial charge in [-0.15, -0.1) is 0 Å². The zero-order chi connectivity index (χ0) is 38.9. The van der Waals surface area contributed by atoms with Gasteiger partial charge in [0.05, 0.1) is 6.04 Å². The first-order valence-corrected chi connectivity index (χ1v) is 18.4. The molecule has 1 aromatic carbocycles. The van der Waals surface area contributed by atoms with Crippen LogP contribution in [0.3, 0.4) is 0 Å². The number of carboxylic acids is 1. The number of aliphatic carboxylic acids is 1. The molecular weight excluding hydrogens is 682 g/mol. The number of fused-ring (bicyclic) bond motifs is 1. The van der Waals surface area contributed by atoms with Gasteiger partial charge < -0.3 is 53.9 Å². The lowest BCUT2D eigenvalue weighted by molar-refractivity contribution is -0.142. The second-order valence-electron chi connectivity index (χ2n) is 14.0. The van der Waals surface area contributed by atoms with Gasteiger partial charge in [-0.2, -0.15) is 0 Å². The fourth-order valence-electron chi connectivity index (χ4n) is 6.13. The van der Waals surface area contributed by atoms with Crippen LogP contribution in [0.25, 0.3) is 10.9 Å². The highest BCUT2D eigenvalue weighted by atomic mass is 16.4. The number of amides is 5. The van der Waals surface area contributed by atoms with E-state index in [1.54, 1.807) is 18.3 Å². The summed E-state index contributed by atoms with van der Waals surface area (Å²) in [5.41, 5.74) is 19.0. The maximum atomic E-state index is 14.1. The first-order valence-electron chi connectivity index (χ1n) is 18.4. The molecule has 0 bridgehead atoms. The van der Waals surface area contributed by atoms with E-state index < -0.39 is 71.8 Å². The summed E-state index contributed by atoms with van der Waals surface area (Å²) in [6.45, 7) is 4.45. The molecule has 0 aliphatic carbocycles. The Morgan fingerprint density at radius 3 is 2.06 bits per heavy atom. The summed E-state index contributed by atoms with van der Waals surface area (Å²) >= 11 is 0. The number of carbonyl (C=O) groups excluding carboxylic acids is 5. The normalized spacial score (nSPS) is 21.8. The number of carbonyl (C=O) groups is 6. The lowest BCUT2D eigenvalue weighted by Gasteiger charge is -2.27. The maximum Gasteiger partial charge on any atom is 0.326 e. The van der Waals surface area contributed by atoms with E-state index >= 15 is 0 Å².